The zero-order valence-electron chi connectivity index (χ0n) is 13.0. The van der Waals surface area contributed by atoms with Gasteiger partial charge in [0.1, 0.15) is 0 Å². The lowest BCUT2D eigenvalue weighted by Crippen LogP contribution is -2.15. The van der Waals surface area contributed by atoms with Gasteiger partial charge in [0, 0.05) is 23.0 Å². The van der Waals surface area contributed by atoms with E-state index in [0.29, 0.717) is 13.0 Å². The maximum atomic E-state index is 12.8. The lowest BCUT2D eigenvalue weighted by molar-refractivity contribution is 0.0917. The molecule has 0 radical (unpaired) electrons. The van der Waals surface area contributed by atoms with Gasteiger partial charge in [-0.3, -0.25) is 9.36 Å². The van der Waals surface area contributed by atoms with Crippen LogP contribution in [0.3, 0.4) is 0 Å². The van der Waals surface area contributed by atoms with Crippen molar-refractivity contribution in [2.75, 3.05) is 6.54 Å². The molecule has 0 aliphatic rings. The van der Waals surface area contributed by atoms with Crippen molar-refractivity contribution < 1.29 is 4.79 Å². The summed E-state index contributed by atoms with van der Waals surface area (Å²) in [5.74, 6) is 0.0935. The van der Waals surface area contributed by atoms with Crippen molar-refractivity contribution in [2.24, 2.45) is 5.73 Å². The number of carbonyl (C=O) groups is 1. The summed E-state index contributed by atoms with van der Waals surface area (Å²) < 4.78 is 1.84. The maximum absolute atomic E-state index is 12.8. The fraction of sp³-hybridized carbons (Fsp3) is 0.278. The Balaban J connectivity index is 2.06. The number of nitrogens with one attached hydrogen (secondary N) is 1. The number of hydrogen-bond donors (Lipinski definition) is 2. The highest BCUT2D eigenvalue weighted by molar-refractivity contribution is 5.96. The molecule has 0 aliphatic carbocycles. The van der Waals surface area contributed by atoms with Gasteiger partial charge >= 0.3 is 0 Å². The largest absolute Gasteiger partial charge is 0.365 e. The quantitative estimate of drug-likeness (QED) is 0.777. The molecule has 0 saturated carbocycles. The lowest BCUT2D eigenvalue weighted by Gasteiger charge is -2.06. The second-order valence-corrected chi connectivity index (χ2v) is 5.72. The molecular weight excluding hydrogens is 274 g/mol. The summed E-state index contributed by atoms with van der Waals surface area (Å²) in [5, 5.41) is 1.13. The number of nitrogens with zero attached hydrogens (tertiary/aromatic N) is 1. The first-order valence-electron chi connectivity index (χ1n) is 7.58. The third-order valence-corrected chi connectivity index (χ3v) is 4.13. The van der Waals surface area contributed by atoms with Gasteiger partial charge in [-0.25, -0.2) is 0 Å². The molecule has 22 heavy (non-hydrogen) atoms. The van der Waals surface area contributed by atoms with E-state index in [1.165, 1.54) is 5.56 Å². The number of rotatable bonds is 4. The highest BCUT2D eigenvalue weighted by Crippen LogP contribution is 2.26. The number of aryl methyl sites for hydroxylation is 1. The van der Waals surface area contributed by atoms with Crippen LogP contribution >= 0.6 is 0 Å². The van der Waals surface area contributed by atoms with Crippen LogP contribution < -0.4 is 5.73 Å². The topological polar surface area (TPSA) is 63.8 Å². The van der Waals surface area contributed by atoms with Gasteiger partial charge < -0.3 is 10.7 Å². The Morgan fingerprint density at radius 2 is 2.05 bits per heavy atom. The average molecular weight is 295 g/mol. The Morgan fingerprint density at radius 3 is 2.73 bits per heavy atom. The first-order valence-corrected chi connectivity index (χ1v) is 7.58. The smallest absolute Gasteiger partial charge is 0.235 e. The van der Waals surface area contributed by atoms with Gasteiger partial charge in [0.15, 0.2) is 0 Å². The zero-order chi connectivity index (χ0) is 15.7. The summed E-state index contributed by atoms with van der Waals surface area (Å²) >= 11 is 0. The minimum Gasteiger partial charge on any atom is -0.365 e. The normalized spacial score (nSPS) is 11.2. The third-order valence-electron chi connectivity index (χ3n) is 4.13. The Labute approximate surface area is 129 Å². The molecule has 3 rings (SSSR count). The molecule has 3 N–H and O–H groups in total. The van der Waals surface area contributed by atoms with Crippen LogP contribution in [-0.2, 0) is 12.8 Å². The van der Waals surface area contributed by atoms with E-state index >= 15 is 0 Å². The van der Waals surface area contributed by atoms with Crippen LogP contribution in [0.5, 0.6) is 0 Å². The van der Waals surface area contributed by atoms with Crippen molar-refractivity contribution >= 4 is 16.8 Å². The Morgan fingerprint density at radius 1 is 1.27 bits per heavy atom. The molecule has 0 bridgehead atoms. The predicted molar refractivity (Wildman–Crippen MR) is 89.3 cm³/mol. The van der Waals surface area contributed by atoms with E-state index in [9.17, 15) is 4.79 Å². The van der Waals surface area contributed by atoms with Crippen molar-refractivity contribution in [1.29, 1.82) is 0 Å². The van der Waals surface area contributed by atoms with Crippen molar-refractivity contribution in [1.82, 2.24) is 9.55 Å². The van der Waals surface area contributed by atoms with Gasteiger partial charge in [0.05, 0.1) is 11.9 Å². The number of benzene rings is 1. The van der Waals surface area contributed by atoms with Crippen LogP contribution in [0.4, 0.5) is 0 Å². The van der Waals surface area contributed by atoms with Gasteiger partial charge in [-0.05, 0) is 50.1 Å². The van der Waals surface area contributed by atoms with E-state index in [2.05, 4.69) is 11.1 Å². The van der Waals surface area contributed by atoms with Crippen LogP contribution in [0.15, 0.2) is 36.5 Å². The Kier molecular flexibility index (Phi) is 3.86. The number of para-hydroxylation sites is 1. The van der Waals surface area contributed by atoms with E-state index < -0.39 is 0 Å². The van der Waals surface area contributed by atoms with Crippen LogP contribution in [0.25, 0.3) is 10.9 Å². The van der Waals surface area contributed by atoms with Gasteiger partial charge in [0.2, 0.25) is 5.91 Å². The number of fused-ring (bicyclic) bond motifs is 1. The standard InChI is InChI=1S/C18H21N3O/c1-12-9-14(11-20-12)10-18(22)21-13(2)15(7-8-19)16-5-3-4-6-17(16)21/h3-6,9,11,20H,7-8,10,19H2,1-2H3. The van der Waals surface area contributed by atoms with Crippen LogP contribution in [0.2, 0.25) is 0 Å². The molecule has 4 heteroatoms. The van der Waals surface area contributed by atoms with Crippen molar-refractivity contribution in [3.63, 3.8) is 0 Å². The average Bonchev–Trinajstić information content (AvgIpc) is 3.02. The lowest BCUT2D eigenvalue weighted by atomic mass is 10.1. The minimum atomic E-state index is 0.0935. The van der Waals surface area contributed by atoms with Crippen molar-refractivity contribution in [2.45, 2.75) is 26.7 Å². The van der Waals surface area contributed by atoms with Gasteiger partial charge in [-0.2, -0.15) is 0 Å². The summed E-state index contributed by atoms with van der Waals surface area (Å²) in [4.78, 5) is 15.9. The molecule has 0 spiro atoms. The molecule has 0 unspecified atom stereocenters. The Hall–Kier alpha value is -2.33. The summed E-state index contributed by atoms with van der Waals surface area (Å²) in [6.07, 6.45) is 3.08. The first kappa shape index (κ1) is 14.6. The van der Waals surface area contributed by atoms with Crippen LogP contribution in [0.1, 0.15) is 27.3 Å². The predicted octanol–water partition coefficient (Wildman–Crippen LogP) is 2.97. The van der Waals surface area contributed by atoms with E-state index in [1.807, 2.05) is 48.9 Å². The number of hydrogen-bond acceptors (Lipinski definition) is 2. The van der Waals surface area contributed by atoms with Gasteiger partial charge in [-0.1, -0.05) is 18.2 Å². The van der Waals surface area contributed by atoms with E-state index in [-0.39, 0.29) is 5.91 Å². The fourth-order valence-electron chi connectivity index (χ4n) is 3.14. The minimum absolute atomic E-state index is 0.0935. The maximum Gasteiger partial charge on any atom is 0.235 e. The molecule has 0 amide bonds. The van der Waals surface area contributed by atoms with E-state index in [0.717, 1.165) is 34.3 Å². The van der Waals surface area contributed by atoms with Crippen molar-refractivity contribution in [3.8, 4) is 0 Å². The highest BCUT2D eigenvalue weighted by Gasteiger charge is 2.18. The number of aromatic nitrogens is 2. The summed E-state index contributed by atoms with van der Waals surface area (Å²) in [7, 11) is 0. The van der Waals surface area contributed by atoms with Crippen molar-refractivity contribution in [3.05, 3.63) is 59.0 Å². The molecular formula is C18H21N3O. The SMILES string of the molecule is Cc1cc(CC(=O)n2c(C)c(CCN)c3ccccc32)c[nH]1. The molecule has 0 fully saturated rings. The first-order chi connectivity index (χ1) is 10.6. The molecule has 0 aliphatic heterocycles. The Bertz CT molecular complexity index is 826. The van der Waals surface area contributed by atoms with Gasteiger partial charge in [0.25, 0.3) is 0 Å². The summed E-state index contributed by atoms with van der Waals surface area (Å²) in [6, 6.07) is 10.1. The van der Waals surface area contributed by atoms with E-state index in [4.69, 9.17) is 5.73 Å². The molecule has 4 nitrogen and oxygen atoms in total. The summed E-state index contributed by atoms with van der Waals surface area (Å²) in [6.45, 7) is 4.58. The fourth-order valence-corrected chi connectivity index (χ4v) is 3.14. The van der Waals surface area contributed by atoms with Crippen LogP contribution in [0, 0.1) is 13.8 Å². The molecule has 0 atom stereocenters. The van der Waals surface area contributed by atoms with Gasteiger partial charge in [-0.15, -0.1) is 0 Å². The molecule has 2 aromatic heterocycles. The number of aromatic amines is 1. The second-order valence-electron chi connectivity index (χ2n) is 5.72. The third kappa shape index (κ3) is 2.46. The number of nitrogens with two attached hydrogens (primary N) is 1. The zero-order valence-corrected chi connectivity index (χ0v) is 13.0. The number of H-pyrrole nitrogens is 1. The number of carbonyl (C=O) groups excluding carboxylic acids is 1. The van der Waals surface area contributed by atoms with Crippen LogP contribution in [-0.4, -0.2) is 22.0 Å². The molecule has 3 aromatic rings. The molecule has 1 aromatic carbocycles. The molecule has 2 heterocycles. The summed E-state index contributed by atoms with van der Waals surface area (Å²) in [5.41, 5.74) is 11.0. The molecule has 114 valence electrons. The highest BCUT2D eigenvalue weighted by atomic mass is 16.2. The van der Waals surface area contributed by atoms with E-state index in [1.54, 1.807) is 0 Å². The molecule has 0 saturated heterocycles. The monoisotopic (exact) mass is 295 g/mol. The second kappa shape index (κ2) is 5.81.